The molecule has 3 aromatic rings. The highest BCUT2D eigenvalue weighted by molar-refractivity contribution is 5.97. The van der Waals surface area contributed by atoms with Gasteiger partial charge in [0.15, 0.2) is 0 Å². The van der Waals surface area contributed by atoms with Crippen LogP contribution in [0.3, 0.4) is 0 Å². The maximum atomic E-state index is 12.8. The Balaban J connectivity index is 1.64. The molecule has 0 bridgehead atoms. The van der Waals surface area contributed by atoms with Crippen LogP contribution in [0.1, 0.15) is 21.5 Å². The number of nitrogens with zero attached hydrogens (tertiary/aromatic N) is 4. The van der Waals surface area contributed by atoms with Gasteiger partial charge in [0, 0.05) is 44.6 Å². The van der Waals surface area contributed by atoms with Gasteiger partial charge in [0.25, 0.3) is 5.91 Å². The lowest BCUT2D eigenvalue weighted by Crippen LogP contribution is -2.27. The molecule has 0 spiro atoms. The van der Waals surface area contributed by atoms with Crippen molar-refractivity contribution < 1.29 is 4.79 Å². The summed E-state index contributed by atoms with van der Waals surface area (Å²) in [5, 5.41) is 7.47. The molecule has 0 radical (unpaired) electrons. The molecule has 0 unspecified atom stereocenters. The Morgan fingerprint density at radius 1 is 1.00 bits per heavy atom. The lowest BCUT2D eigenvalue weighted by molar-refractivity contribution is 0.0954. The Morgan fingerprint density at radius 2 is 1.72 bits per heavy atom. The van der Waals surface area contributed by atoms with Crippen LogP contribution in [0, 0.1) is 0 Å². The average molecular weight is 392 g/mol. The molecule has 2 aromatic carbocycles. The molecule has 0 aliphatic heterocycles. The van der Waals surface area contributed by atoms with Gasteiger partial charge in [-0.3, -0.25) is 4.79 Å². The molecule has 1 heterocycles. The fourth-order valence-corrected chi connectivity index (χ4v) is 3.18. The SMILES string of the molecule is CN(C)Cc1cnn(-c2ccccc2C(=O)NCCc2ccc(N(C)C)cc2)c1. The summed E-state index contributed by atoms with van der Waals surface area (Å²) in [5.74, 6) is -0.0878. The molecule has 0 aliphatic carbocycles. The van der Waals surface area contributed by atoms with Crippen molar-refractivity contribution in [2.75, 3.05) is 39.6 Å². The van der Waals surface area contributed by atoms with Crippen molar-refractivity contribution in [1.82, 2.24) is 20.0 Å². The highest BCUT2D eigenvalue weighted by Gasteiger charge is 2.13. The van der Waals surface area contributed by atoms with Crippen LogP contribution in [0.5, 0.6) is 0 Å². The van der Waals surface area contributed by atoms with Gasteiger partial charge < -0.3 is 15.1 Å². The number of nitrogens with one attached hydrogen (secondary N) is 1. The molecule has 1 N–H and O–H groups in total. The van der Waals surface area contributed by atoms with E-state index in [2.05, 4.69) is 44.5 Å². The van der Waals surface area contributed by atoms with Crippen molar-refractivity contribution in [2.45, 2.75) is 13.0 Å². The molecular formula is C23H29N5O. The molecule has 3 rings (SSSR count). The number of carbonyl (C=O) groups excluding carboxylic acids is 1. The second-order valence-electron chi connectivity index (χ2n) is 7.61. The van der Waals surface area contributed by atoms with Crippen LogP contribution in [-0.2, 0) is 13.0 Å². The van der Waals surface area contributed by atoms with Gasteiger partial charge in [0.05, 0.1) is 17.4 Å². The zero-order valence-corrected chi connectivity index (χ0v) is 17.6. The van der Waals surface area contributed by atoms with Gasteiger partial charge in [0.1, 0.15) is 0 Å². The van der Waals surface area contributed by atoms with E-state index in [1.54, 1.807) is 4.68 Å². The second-order valence-corrected chi connectivity index (χ2v) is 7.61. The lowest BCUT2D eigenvalue weighted by atomic mass is 10.1. The number of carbonyl (C=O) groups is 1. The monoisotopic (exact) mass is 391 g/mol. The number of aromatic nitrogens is 2. The molecule has 1 aromatic heterocycles. The van der Waals surface area contributed by atoms with Gasteiger partial charge in [-0.25, -0.2) is 4.68 Å². The molecule has 0 fully saturated rings. The fourth-order valence-electron chi connectivity index (χ4n) is 3.18. The third-order valence-electron chi connectivity index (χ3n) is 4.68. The molecule has 6 nitrogen and oxygen atoms in total. The van der Waals surface area contributed by atoms with E-state index in [1.807, 2.05) is 64.8 Å². The normalized spacial score (nSPS) is 10.9. The van der Waals surface area contributed by atoms with Crippen molar-refractivity contribution >= 4 is 11.6 Å². The lowest BCUT2D eigenvalue weighted by Gasteiger charge is -2.13. The minimum Gasteiger partial charge on any atom is -0.378 e. The number of para-hydroxylation sites is 1. The van der Waals surface area contributed by atoms with Crippen molar-refractivity contribution in [3.63, 3.8) is 0 Å². The molecule has 0 saturated heterocycles. The summed E-state index contributed by atoms with van der Waals surface area (Å²) in [6.45, 7) is 1.39. The Bertz CT molecular complexity index is 944. The Morgan fingerprint density at radius 3 is 2.41 bits per heavy atom. The number of rotatable bonds is 8. The fraction of sp³-hybridized carbons (Fsp3) is 0.304. The average Bonchev–Trinajstić information content (AvgIpc) is 3.16. The van der Waals surface area contributed by atoms with Gasteiger partial charge in [-0.1, -0.05) is 24.3 Å². The van der Waals surface area contributed by atoms with E-state index < -0.39 is 0 Å². The highest BCUT2D eigenvalue weighted by Crippen LogP contribution is 2.16. The first-order valence-electron chi connectivity index (χ1n) is 9.76. The third kappa shape index (κ3) is 5.45. The molecule has 29 heavy (non-hydrogen) atoms. The molecule has 0 atom stereocenters. The number of benzene rings is 2. The van der Waals surface area contributed by atoms with E-state index in [-0.39, 0.29) is 5.91 Å². The number of amides is 1. The summed E-state index contributed by atoms with van der Waals surface area (Å²) in [6.07, 6.45) is 4.60. The Labute approximate surface area is 172 Å². The summed E-state index contributed by atoms with van der Waals surface area (Å²) in [4.78, 5) is 16.9. The van der Waals surface area contributed by atoms with Crippen LogP contribution < -0.4 is 10.2 Å². The summed E-state index contributed by atoms with van der Waals surface area (Å²) >= 11 is 0. The van der Waals surface area contributed by atoms with Crippen molar-refractivity contribution in [3.05, 3.63) is 77.6 Å². The van der Waals surface area contributed by atoms with Crippen LogP contribution in [-0.4, -0.2) is 55.3 Å². The van der Waals surface area contributed by atoms with Crippen LogP contribution >= 0.6 is 0 Å². The predicted octanol–water partition coefficient (Wildman–Crippen LogP) is 2.97. The molecule has 0 aliphatic rings. The topological polar surface area (TPSA) is 53.4 Å². The van der Waals surface area contributed by atoms with E-state index in [1.165, 1.54) is 11.3 Å². The van der Waals surface area contributed by atoms with Crippen LogP contribution in [0.25, 0.3) is 5.69 Å². The predicted molar refractivity (Wildman–Crippen MR) is 118 cm³/mol. The Kier molecular flexibility index (Phi) is 6.67. The number of hydrogen-bond donors (Lipinski definition) is 1. The van der Waals surface area contributed by atoms with Gasteiger partial charge >= 0.3 is 0 Å². The van der Waals surface area contributed by atoms with Crippen LogP contribution in [0.2, 0.25) is 0 Å². The van der Waals surface area contributed by atoms with E-state index in [4.69, 9.17) is 0 Å². The van der Waals surface area contributed by atoms with Gasteiger partial charge in [-0.2, -0.15) is 5.10 Å². The van der Waals surface area contributed by atoms with E-state index in [0.29, 0.717) is 12.1 Å². The molecule has 6 heteroatoms. The smallest absolute Gasteiger partial charge is 0.253 e. The molecule has 0 saturated carbocycles. The summed E-state index contributed by atoms with van der Waals surface area (Å²) in [5.41, 5.74) is 4.87. The van der Waals surface area contributed by atoms with Crippen molar-refractivity contribution in [2.24, 2.45) is 0 Å². The van der Waals surface area contributed by atoms with Gasteiger partial charge in [0.2, 0.25) is 0 Å². The largest absolute Gasteiger partial charge is 0.378 e. The van der Waals surface area contributed by atoms with Gasteiger partial charge in [-0.05, 0) is 50.3 Å². The third-order valence-corrected chi connectivity index (χ3v) is 4.68. The zero-order valence-electron chi connectivity index (χ0n) is 17.6. The summed E-state index contributed by atoms with van der Waals surface area (Å²) in [6, 6.07) is 15.9. The Hall–Kier alpha value is -3.12. The van der Waals surface area contributed by atoms with Crippen molar-refractivity contribution in [3.8, 4) is 5.69 Å². The molecular weight excluding hydrogens is 362 g/mol. The maximum absolute atomic E-state index is 12.8. The van der Waals surface area contributed by atoms with E-state index >= 15 is 0 Å². The van der Waals surface area contributed by atoms with E-state index in [0.717, 1.165) is 24.2 Å². The first-order chi connectivity index (χ1) is 13.9. The van der Waals surface area contributed by atoms with Crippen LogP contribution in [0.15, 0.2) is 60.9 Å². The first kappa shape index (κ1) is 20.6. The first-order valence-corrected chi connectivity index (χ1v) is 9.76. The summed E-state index contributed by atoms with van der Waals surface area (Å²) < 4.78 is 1.77. The van der Waals surface area contributed by atoms with E-state index in [9.17, 15) is 4.79 Å². The highest BCUT2D eigenvalue weighted by atomic mass is 16.1. The van der Waals surface area contributed by atoms with Gasteiger partial charge in [-0.15, -0.1) is 0 Å². The summed E-state index contributed by atoms with van der Waals surface area (Å²) in [7, 11) is 8.09. The number of hydrogen-bond acceptors (Lipinski definition) is 4. The minimum atomic E-state index is -0.0878. The zero-order chi connectivity index (χ0) is 20.8. The standard InChI is InChI=1S/C23H29N5O/c1-26(2)16-19-15-25-28(17-19)22-8-6-5-7-21(22)23(29)24-14-13-18-9-11-20(12-10-18)27(3)4/h5-12,15,17H,13-14,16H2,1-4H3,(H,24,29). The van der Waals surface area contributed by atoms with Crippen molar-refractivity contribution in [1.29, 1.82) is 0 Å². The number of anilines is 1. The quantitative estimate of drug-likeness (QED) is 0.641. The maximum Gasteiger partial charge on any atom is 0.253 e. The van der Waals surface area contributed by atoms with Crippen LogP contribution in [0.4, 0.5) is 5.69 Å². The molecule has 1 amide bonds. The molecule has 152 valence electrons. The second kappa shape index (κ2) is 9.39. The minimum absolute atomic E-state index is 0.0878.